The maximum absolute atomic E-state index is 12.8. The molecule has 0 saturated heterocycles. The molecule has 15 nitrogen and oxygen atoms in total. The lowest BCUT2D eigenvalue weighted by molar-refractivity contribution is -0.288. The van der Waals surface area contributed by atoms with E-state index in [0.29, 0.717) is 27.5 Å². The molecule has 0 unspecified atom stereocenters. The number of fused-ring (bicyclic) bond motifs is 6. The topological polar surface area (TPSA) is 173 Å². The van der Waals surface area contributed by atoms with Gasteiger partial charge in [-0.05, 0) is 23.6 Å². The summed E-state index contributed by atoms with van der Waals surface area (Å²) in [7, 11) is 7.58. The lowest BCUT2D eigenvalue weighted by Crippen LogP contribution is -2.13. The third-order valence-electron chi connectivity index (χ3n) is 6.24. The van der Waals surface area contributed by atoms with E-state index in [1.165, 1.54) is 60.9 Å². The molecule has 42 heavy (non-hydrogen) atoms. The van der Waals surface area contributed by atoms with Crippen LogP contribution in [0.2, 0.25) is 0 Å². The second-order valence-electron chi connectivity index (χ2n) is 8.40. The number of hydrogen-bond acceptors (Lipinski definition) is 15. The van der Waals surface area contributed by atoms with Crippen molar-refractivity contribution < 1.29 is 57.9 Å². The predicted molar refractivity (Wildman–Crippen MR) is 142 cm³/mol. The summed E-state index contributed by atoms with van der Waals surface area (Å²) in [6.45, 7) is -0.443. The smallest absolute Gasteiger partial charge is 0.339 e. The van der Waals surface area contributed by atoms with Crippen LogP contribution in [0.3, 0.4) is 0 Å². The molecule has 0 saturated carbocycles. The largest absolute Gasteiger partial charge is 0.465 e. The highest BCUT2D eigenvalue weighted by Crippen LogP contribution is 2.36. The molecule has 0 spiro atoms. The van der Waals surface area contributed by atoms with Gasteiger partial charge in [-0.25, -0.2) is 58.7 Å². The van der Waals surface area contributed by atoms with Crippen LogP contribution in [0.4, 0.5) is 0 Å². The Morgan fingerprint density at radius 3 is 1.31 bits per heavy atom. The highest BCUT2D eigenvalue weighted by molar-refractivity contribution is 6.24. The SMILES string of the molecule is COOCc1nc2c(cc1C(=O)OC)c1cc(C(=O)OC)c(C(=O)OC)cc1c1nc(COOC)c(COOC)nc21. The van der Waals surface area contributed by atoms with E-state index in [1.54, 1.807) is 0 Å². The van der Waals surface area contributed by atoms with Gasteiger partial charge in [-0.1, -0.05) is 0 Å². The summed E-state index contributed by atoms with van der Waals surface area (Å²) in [5.74, 6) is -2.27. The maximum Gasteiger partial charge on any atom is 0.339 e. The van der Waals surface area contributed by atoms with E-state index >= 15 is 0 Å². The van der Waals surface area contributed by atoms with Crippen LogP contribution >= 0.6 is 0 Å². The maximum atomic E-state index is 12.8. The molecule has 222 valence electrons. The monoisotopic (exact) mass is 585 g/mol. The van der Waals surface area contributed by atoms with Gasteiger partial charge in [0.15, 0.2) is 0 Å². The third kappa shape index (κ3) is 5.82. The second-order valence-corrected chi connectivity index (χ2v) is 8.40. The minimum absolute atomic E-state index is 0.0698. The van der Waals surface area contributed by atoms with Crippen molar-refractivity contribution in [3.63, 3.8) is 0 Å². The number of methoxy groups -OCH3 is 3. The third-order valence-corrected chi connectivity index (χ3v) is 6.24. The van der Waals surface area contributed by atoms with E-state index in [0.717, 1.165) is 0 Å². The van der Waals surface area contributed by atoms with Crippen molar-refractivity contribution in [3.05, 3.63) is 52.0 Å². The number of benzene rings is 2. The molecule has 4 aromatic rings. The van der Waals surface area contributed by atoms with Gasteiger partial charge in [-0.2, -0.15) is 0 Å². The van der Waals surface area contributed by atoms with E-state index in [-0.39, 0.29) is 58.8 Å². The Bertz CT molecular complexity index is 1650. The standard InChI is InChI=1S/C27H27N3O12/c1-34-25(31)16-7-13-14(8-17(16)26(32)35-2)23-24(30-21(12-42-39-6)20(29-23)11-41-38-5)22-15(13)9-18(27(33)36-3)19(28-22)10-40-37-4/h7-9H,10-12H2,1-6H3. The van der Waals surface area contributed by atoms with Crippen LogP contribution in [0.1, 0.15) is 48.2 Å². The zero-order chi connectivity index (χ0) is 30.4. The van der Waals surface area contributed by atoms with Crippen molar-refractivity contribution in [2.75, 3.05) is 42.7 Å². The Balaban J connectivity index is 2.25. The van der Waals surface area contributed by atoms with Crippen LogP contribution in [0.15, 0.2) is 18.2 Å². The molecule has 2 aromatic heterocycles. The number of carbonyl (C=O) groups excluding carboxylic acids is 3. The van der Waals surface area contributed by atoms with Crippen molar-refractivity contribution in [1.29, 1.82) is 0 Å². The van der Waals surface area contributed by atoms with Gasteiger partial charge in [0.25, 0.3) is 0 Å². The van der Waals surface area contributed by atoms with Gasteiger partial charge in [0.2, 0.25) is 0 Å². The molecule has 0 amide bonds. The highest BCUT2D eigenvalue weighted by atomic mass is 17.2. The fourth-order valence-corrected chi connectivity index (χ4v) is 4.34. The molecule has 4 rings (SSSR count). The molecule has 15 heteroatoms. The molecule has 2 heterocycles. The molecule has 0 N–H and O–H groups in total. The zero-order valence-corrected chi connectivity index (χ0v) is 23.6. The fraction of sp³-hybridized carbons (Fsp3) is 0.333. The molecule has 0 bridgehead atoms. The second kappa shape index (κ2) is 13.5. The normalized spacial score (nSPS) is 11.3. The summed E-state index contributed by atoms with van der Waals surface area (Å²) in [6.07, 6.45) is 0. The van der Waals surface area contributed by atoms with E-state index in [1.807, 2.05) is 0 Å². The quantitative estimate of drug-likeness (QED) is 0.0780. The fourth-order valence-electron chi connectivity index (χ4n) is 4.34. The molecule has 0 radical (unpaired) electrons. The van der Waals surface area contributed by atoms with Crippen LogP contribution in [-0.4, -0.2) is 75.5 Å². The van der Waals surface area contributed by atoms with Crippen LogP contribution < -0.4 is 0 Å². The van der Waals surface area contributed by atoms with E-state index in [4.69, 9.17) is 58.5 Å². The Kier molecular flexibility index (Phi) is 9.84. The number of rotatable bonds is 12. The van der Waals surface area contributed by atoms with Crippen molar-refractivity contribution in [2.45, 2.75) is 19.8 Å². The molecule has 2 aromatic carbocycles. The first kappa shape index (κ1) is 30.6. The van der Waals surface area contributed by atoms with Gasteiger partial charge in [-0.3, -0.25) is 0 Å². The van der Waals surface area contributed by atoms with Crippen molar-refractivity contribution >= 4 is 50.6 Å². The van der Waals surface area contributed by atoms with Crippen molar-refractivity contribution in [2.24, 2.45) is 0 Å². The minimum Gasteiger partial charge on any atom is -0.465 e. The van der Waals surface area contributed by atoms with E-state index in [9.17, 15) is 14.4 Å². The first-order valence-electron chi connectivity index (χ1n) is 12.2. The number of ether oxygens (including phenoxy) is 3. The summed E-state index contributed by atoms with van der Waals surface area (Å²) >= 11 is 0. The van der Waals surface area contributed by atoms with Crippen LogP contribution in [-0.2, 0) is 63.4 Å². The van der Waals surface area contributed by atoms with Crippen LogP contribution in [0, 0.1) is 0 Å². The number of pyridine rings is 1. The molecular weight excluding hydrogens is 558 g/mol. The molecular formula is C27H27N3O12. The Hall–Kier alpha value is -4.38. The number of aromatic nitrogens is 3. The number of esters is 3. The first-order chi connectivity index (χ1) is 20.3. The molecule has 0 atom stereocenters. The van der Waals surface area contributed by atoms with E-state index in [2.05, 4.69) is 0 Å². The summed E-state index contributed by atoms with van der Waals surface area (Å²) in [5.41, 5.74) is 1.59. The van der Waals surface area contributed by atoms with Gasteiger partial charge in [0.05, 0.1) is 87.5 Å². The average Bonchev–Trinajstić information content (AvgIpc) is 3.02. The summed E-state index contributed by atoms with van der Waals surface area (Å²) in [5, 5.41) is 1.17. The summed E-state index contributed by atoms with van der Waals surface area (Å²) in [6, 6.07) is 4.41. The molecule has 0 aliphatic rings. The van der Waals surface area contributed by atoms with Crippen LogP contribution in [0.25, 0.3) is 32.7 Å². The Morgan fingerprint density at radius 2 is 0.857 bits per heavy atom. The summed E-state index contributed by atoms with van der Waals surface area (Å²) in [4.78, 5) is 82.1. The van der Waals surface area contributed by atoms with E-state index < -0.39 is 17.9 Å². The van der Waals surface area contributed by atoms with Crippen molar-refractivity contribution in [3.8, 4) is 0 Å². The molecule has 0 fully saturated rings. The van der Waals surface area contributed by atoms with Gasteiger partial charge >= 0.3 is 17.9 Å². The lowest BCUT2D eigenvalue weighted by atomic mass is 9.95. The number of nitrogens with zero attached hydrogens (tertiary/aromatic N) is 3. The zero-order valence-electron chi connectivity index (χ0n) is 23.6. The number of hydrogen-bond donors (Lipinski definition) is 0. The van der Waals surface area contributed by atoms with Crippen LogP contribution in [0.5, 0.6) is 0 Å². The minimum atomic E-state index is -0.788. The molecule has 0 aliphatic carbocycles. The Labute approximate surface area is 238 Å². The van der Waals surface area contributed by atoms with Gasteiger partial charge in [0.1, 0.15) is 25.3 Å². The Morgan fingerprint density at radius 1 is 0.500 bits per heavy atom. The molecule has 0 aliphatic heterocycles. The van der Waals surface area contributed by atoms with Gasteiger partial charge < -0.3 is 14.2 Å². The van der Waals surface area contributed by atoms with Gasteiger partial charge in [0, 0.05) is 10.8 Å². The predicted octanol–water partition coefficient (Wildman–Crippen LogP) is 2.93. The lowest BCUT2D eigenvalue weighted by Gasteiger charge is -2.16. The average molecular weight is 586 g/mol. The van der Waals surface area contributed by atoms with Crippen molar-refractivity contribution in [1.82, 2.24) is 15.0 Å². The highest BCUT2D eigenvalue weighted by Gasteiger charge is 2.26. The first-order valence-corrected chi connectivity index (χ1v) is 12.2. The van der Waals surface area contributed by atoms with Gasteiger partial charge in [-0.15, -0.1) is 0 Å². The number of carbonyl (C=O) groups is 3. The summed E-state index contributed by atoms with van der Waals surface area (Å²) < 4.78 is 14.8.